The third-order valence-corrected chi connectivity index (χ3v) is 5.31. The van der Waals surface area contributed by atoms with Crippen LogP contribution in [0.5, 0.6) is 0 Å². The number of hydrogen-bond donors (Lipinski definition) is 0. The number of alkyl halides is 3. The van der Waals surface area contributed by atoms with Crippen LogP contribution in [0.15, 0.2) is 78.9 Å². The van der Waals surface area contributed by atoms with Gasteiger partial charge in [-0.1, -0.05) is 54.6 Å². The van der Waals surface area contributed by atoms with Crippen LogP contribution in [-0.2, 0) is 22.1 Å². The van der Waals surface area contributed by atoms with E-state index in [2.05, 4.69) is 0 Å². The van der Waals surface area contributed by atoms with E-state index in [4.69, 9.17) is 4.74 Å². The van der Waals surface area contributed by atoms with Gasteiger partial charge in [-0.3, -0.25) is 9.59 Å². The smallest absolute Gasteiger partial charge is 0.416 e. The summed E-state index contributed by atoms with van der Waals surface area (Å²) in [5.74, 6) is -0.797. The summed E-state index contributed by atoms with van der Waals surface area (Å²) in [5, 5.41) is 1.26. The van der Waals surface area contributed by atoms with E-state index in [1.54, 1.807) is 66.1 Å². The lowest BCUT2D eigenvalue weighted by Gasteiger charge is -2.15. The first kappa shape index (κ1) is 22.3. The second-order valence-electron chi connectivity index (χ2n) is 7.40. The highest BCUT2D eigenvalue weighted by molar-refractivity contribution is 6.17. The molecule has 33 heavy (non-hydrogen) atoms. The molecule has 168 valence electrons. The van der Waals surface area contributed by atoms with Gasteiger partial charge in [-0.2, -0.15) is 13.2 Å². The number of rotatable bonds is 6. The Balaban J connectivity index is 1.99. The maximum absolute atomic E-state index is 13.6. The van der Waals surface area contributed by atoms with Crippen LogP contribution < -0.4 is 0 Å². The van der Waals surface area contributed by atoms with Crippen LogP contribution in [0.2, 0.25) is 0 Å². The SMILES string of the molecule is CCOC(=O)Cc1c2ccccc2c(C(=O)c2ccccc2)n1-c1ccc(C(F)(F)F)cc1. The van der Waals surface area contributed by atoms with E-state index in [1.165, 1.54) is 12.1 Å². The predicted molar refractivity (Wildman–Crippen MR) is 118 cm³/mol. The van der Waals surface area contributed by atoms with Gasteiger partial charge in [0, 0.05) is 27.7 Å². The zero-order valence-electron chi connectivity index (χ0n) is 17.7. The first-order valence-corrected chi connectivity index (χ1v) is 10.4. The van der Waals surface area contributed by atoms with Gasteiger partial charge in [-0.05, 0) is 31.2 Å². The number of ketones is 1. The topological polar surface area (TPSA) is 48.3 Å². The van der Waals surface area contributed by atoms with Gasteiger partial charge in [-0.15, -0.1) is 0 Å². The normalized spacial score (nSPS) is 11.5. The number of carbonyl (C=O) groups excluding carboxylic acids is 2. The molecule has 1 heterocycles. The van der Waals surface area contributed by atoms with Crippen LogP contribution in [0.25, 0.3) is 16.5 Å². The van der Waals surface area contributed by atoms with E-state index in [0.29, 0.717) is 27.7 Å². The van der Waals surface area contributed by atoms with Crippen molar-refractivity contribution >= 4 is 22.5 Å². The Kier molecular flexibility index (Phi) is 6.05. The van der Waals surface area contributed by atoms with Crippen molar-refractivity contribution in [2.45, 2.75) is 19.5 Å². The molecule has 0 saturated carbocycles. The molecule has 4 nitrogen and oxygen atoms in total. The molecule has 0 bridgehead atoms. The molecule has 0 atom stereocenters. The molecule has 0 spiro atoms. The minimum Gasteiger partial charge on any atom is -0.466 e. The fourth-order valence-electron chi connectivity index (χ4n) is 3.87. The molecule has 0 aliphatic rings. The Morgan fingerprint density at radius 1 is 0.848 bits per heavy atom. The number of carbonyl (C=O) groups is 2. The maximum atomic E-state index is 13.6. The van der Waals surface area contributed by atoms with Crippen molar-refractivity contribution in [3.05, 3.63) is 101 Å². The molecule has 3 aromatic carbocycles. The molecule has 0 aliphatic heterocycles. The molecule has 0 aliphatic carbocycles. The fourth-order valence-corrected chi connectivity index (χ4v) is 3.87. The number of nitrogens with zero attached hydrogens (tertiary/aromatic N) is 1. The molecule has 0 unspecified atom stereocenters. The molecule has 0 saturated heterocycles. The summed E-state index contributed by atoms with van der Waals surface area (Å²) in [4.78, 5) is 26.0. The Morgan fingerprint density at radius 3 is 2.06 bits per heavy atom. The van der Waals surface area contributed by atoms with Crippen molar-refractivity contribution in [2.24, 2.45) is 0 Å². The van der Waals surface area contributed by atoms with E-state index in [1.807, 2.05) is 0 Å². The summed E-state index contributed by atoms with van der Waals surface area (Å²) in [5.41, 5.74) is 0.721. The Hall–Kier alpha value is -3.87. The number of aromatic nitrogens is 1. The Morgan fingerprint density at radius 2 is 1.45 bits per heavy atom. The first-order chi connectivity index (χ1) is 15.8. The fraction of sp³-hybridized carbons (Fsp3) is 0.154. The van der Waals surface area contributed by atoms with Crippen molar-refractivity contribution in [1.29, 1.82) is 0 Å². The summed E-state index contributed by atoms with van der Waals surface area (Å²) in [6.45, 7) is 1.88. The Bertz CT molecular complexity index is 1310. The van der Waals surface area contributed by atoms with E-state index in [-0.39, 0.29) is 24.5 Å². The van der Waals surface area contributed by atoms with Crippen LogP contribution in [-0.4, -0.2) is 22.9 Å². The number of fused-ring (bicyclic) bond motifs is 1. The maximum Gasteiger partial charge on any atom is 0.416 e. The molecule has 0 amide bonds. The monoisotopic (exact) mass is 451 g/mol. The van der Waals surface area contributed by atoms with Gasteiger partial charge in [0.05, 0.1) is 18.6 Å². The van der Waals surface area contributed by atoms with Gasteiger partial charge in [0.15, 0.2) is 0 Å². The number of esters is 1. The summed E-state index contributed by atoms with van der Waals surface area (Å²) in [7, 11) is 0. The van der Waals surface area contributed by atoms with Crippen LogP contribution >= 0.6 is 0 Å². The second-order valence-corrected chi connectivity index (χ2v) is 7.40. The van der Waals surface area contributed by atoms with Crippen molar-refractivity contribution in [3.63, 3.8) is 0 Å². The van der Waals surface area contributed by atoms with Gasteiger partial charge in [0.2, 0.25) is 5.78 Å². The van der Waals surface area contributed by atoms with E-state index in [9.17, 15) is 22.8 Å². The lowest BCUT2D eigenvalue weighted by atomic mass is 10.0. The largest absolute Gasteiger partial charge is 0.466 e. The van der Waals surface area contributed by atoms with E-state index in [0.717, 1.165) is 12.1 Å². The number of ether oxygens (including phenoxy) is 1. The highest BCUT2D eigenvalue weighted by atomic mass is 19.4. The minimum atomic E-state index is -4.49. The van der Waals surface area contributed by atoms with Gasteiger partial charge in [-0.25, -0.2) is 0 Å². The molecule has 1 aromatic heterocycles. The van der Waals surface area contributed by atoms with E-state index < -0.39 is 17.7 Å². The minimum absolute atomic E-state index is 0.141. The van der Waals surface area contributed by atoms with Gasteiger partial charge >= 0.3 is 12.1 Å². The molecular weight excluding hydrogens is 431 g/mol. The molecule has 4 rings (SSSR count). The Labute approximate surface area is 188 Å². The lowest BCUT2D eigenvalue weighted by Crippen LogP contribution is -2.15. The quantitative estimate of drug-likeness (QED) is 0.267. The molecule has 0 radical (unpaired) electrons. The summed E-state index contributed by atoms with van der Waals surface area (Å²) < 4.78 is 46.1. The van der Waals surface area contributed by atoms with Crippen LogP contribution in [0.1, 0.15) is 34.2 Å². The third kappa shape index (κ3) is 4.39. The highest BCUT2D eigenvalue weighted by Crippen LogP contribution is 2.34. The van der Waals surface area contributed by atoms with Crippen LogP contribution in [0.3, 0.4) is 0 Å². The molecule has 7 heteroatoms. The van der Waals surface area contributed by atoms with Crippen molar-refractivity contribution < 1.29 is 27.5 Å². The number of benzene rings is 3. The van der Waals surface area contributed by atoms with Crippen LogP contribution in [0, 0.1) is 0 Å². The molecule has 0 fully saturated rings. The first-order valence-electron chi connectivity index (χ1n) is 10.4. The standard InChI is InChI=1S/C26H20F3NO3/c1-2-33-23(31)16-22-20-10-6-7-11-21(20)24(25(32)17-8-4-3-5-9-17)30(22)19-14-12-18(13-15-19)26(27,28)29/h3-15H,2,16H2,1H3. The van der Waals surface area contributed by atoms with Gasteiger partial charge in [0.25, 0.3) is 0 Å². The summed E-state index contributed by atoms with van der Waals surface area (Å²) >= 11 is 0. The lowest BCUT2D eigenvalue weighted by molar-refractivity contribution is -0.142. The number of halogens is 3. The van der Waals surface area contributed by atoms with Crippen molar-refractivity contribution in [3.8, 4) is 5.69 Å². The van der Waals surface area contributed by atoms with Gasteiger partial charge in [0.1, 0.15) is 5.69 Å². The zero-order chi connectivity index (χ0) is 23.6. The van der Waals surface area contributed by atoms with E-state index >= 15 is 0 Å². The highest BCUT2D eigenvalue weighted by Gasteiger charge is 2.31. The van der Waals surface area contributed by atoms with Gasteiger partial charge < -0.3 is 9.30 Å². The molecule has 0 N–H and O–H groups in total. The average Bonchev–Trinajstić information content (AvgIpc) is 3.13. The predicted octanol–water partition coefficient (Wildman–Crippen LogP) is 5.99. The van der Waals surface area contributed by atoms with Crippen molar-refractivity contribution in [2.75, 3.05) is 6.61 Å². The summed E-state index contributed by atoms with van der Waals surface area (Å²) in [6, 6.07) is 20.2. The molecule has 4 aromatic rings. The number of hydrogen-bond acceptors (Lipinski definition) is 3. The zero-order valence-corrected chi connectivity index (χ0v) is 17.7. The summed E-state index contributed by atoms with van der Waals surface area (Å²) in [6.07, 6.45) is -4.63. The average molecular weight is 451 g/mol. The second kappa shape index (κ2) is 8.94. The molecular formula is C26H20F3NO3. The van der Waals surface area contributed by atoms with Crippen LogP contribution in [0.4, 0.5) is 13.2 Å². The van der Waals surface area contributed by atoms with Crippen molar-refractivity contribution in [1.82, 2.24) is 4.57 Å². The third-order valence-electron chi connectivity index (χ3n) is 5.31.